The first kappa shape index (κ1) is 19.4. The third kappa shape index (κ3) is 5.33. The Hall–Kier alpha value is -2.91. The number of anilines is 1. The van der Waals surface area contributed by atoms with E-state index >= 15 is 0 Å². The predicted octanol–water partition coefficient (Wildman–Crippen LogP) is 4.16. The summed E-state index contributed by atoms with van der Waals surface area (Å²) in [7, 11) is 0. The van der Waals surface area contributed by atoms with Crippen LogP contribution in [0.5, 0.6) is 0 Å². The SMILES string of the molecule is Cc1ccc(NC(=O)Cc2nc(CSc3nncn3Cc3ccco3)cs2)cc1. The molecule has 1 aromatic carbocycles. The van der Waals surface area contributed by atoms with Gasteiger partial charge in [0.05, 0.1) is 24.9 Å². The maximum Gasteiger partial charge on any atom is 0.231 e. The molecule has 29 heavy (non-hydrogen) atoms. The minimum absolute atomic E-state index is 0.0689. The topological polar surface area (TPSA) is 85.8 Å². The molecule has 0 aliphatic heterocycles. The van der Waals surface area contributed by atoms with Gasteiger partial charge in [-0.2, -0.15) is 0 Å². The Morgan fingerprint density at radius 2 is 2.14 bits per heavy atom. The van der Waals surface area contributed by atoms with Gasteiger partial charge < -0.3 is 14.3 Å². The van der Waals surface area contributed by atoms with Crippen LogP contribution in [0.2, 0.25) is 0 Å². The summed E-state index contributed by atoms with van der Waals surface area (Å²) < 4.78 is 7.32. The lowest BCUT2D eigenvalue weighted by Gasteiger charge is -2.04. The van der Waals surface area contributed by atoms with E-state index in [0.717, 1.165) is 32.9 Å². The monoisotopic (exact) mass is 425 g/mol. The second-order valence-electron chi connectivity index (χ2n) is 6.43. The molecule has 9 heteroatoms. The lowest BCUT2D eigenvalue weighted by molar-refractivity contribution is -0.115. The van der Waals surface area contributed by atoms with Crippen LogP contribution in [0.25, 0.3) is 0 Å². The summed E-state index contributed by atoms with van der Waals surface area (Å²) in [5.74, 6) is 1.44. The molecule has 4 aromatic rings. The number of furan rings is 1. The third-order valence-electron chi connectivity index (χ3n) is 4.08. The minimum atomic E-state index is -0.0689. The van der Waals surface area contributed by atoms with Gasteiger partial charge in [0.15, 0.2) is 5.16 Å². The zero-order valence-corrected chi connectivity index (χ0v) is 17.4. The van der Waals surface area contributed by atoms with Gasteiger partial charge in [0.25, 0.3) is 0 Å². The fourth-order valence-corrected chi connectivity index (χ4v) is 4.35. The molecule has 0 radical (unpaired) electrons. The molecule has 3 heterocycles. The van der Waals surface area contributed by atoms with E-state index in [2.05, 4.69) is 20.5 Å². The van der Waals surface area contributed by atoms with Gasteiger partial charge in [0, 0.05) is 16.8 Å². The predicted molar refractivity (Wildman–Crippen MR) is 113 cm³/mol. The van der Waals surface area contributed by atoms with Crippen molar-refractivity contribution in [3.05, 3.63) is 76.4 Å². The Morgan fingerprint density at radius 3 is 2.93 bits per heavy atom. The molecule has 148 valence electrons. The van der Waals surface area contributed by atoms with Crippen molar-refractivity contribution < 1.29 is 9.21 Å². The molecular weight excluding hydrogens is 406 g/mol. The second-order valence-corrected chi connectivity index (χ2v) is 8.32. The van der Waals surface area contributed by atoms with Crippen molar-refractivity contribution in [1.29, 1.82) is 0 Å². The van der Waals surface area contributed by atoms with Gasteiger partial charge in [0.2, 0.25) is 5.91 Å². The van der Waals surface area contributed by atoms with Crippen molar-refractivity contribution >= 4 is 34.7 Å². The van der Waals surface area contributed by atoms with Gasteiger partial charge in [-0.15, -0.1) is 21.5 Å². The van der Waals surface area contributed by atoms with Gasteiger partial charge >= 0.3 is 0 Å². The van der Waals surface area contributed by atoms with E-state index in [1.165, 1.54) is 11.3 Å². The van der Waals surface area contributed by atoms with Gasteiger partial charge in [-0.25, -0.2) is 4.98 Å². The van der Waals surface area contributed by atoms with E-state index in [1.54, 1.807) is 24.4 Å². The van der Waals surface area contributed by atoms with Crippen molar-refractivity contribution in [2.24, 2.45) is 0 Å². The number of nitrogens with zero attached hydrogens (tertiary/aromatic N) is 4. The summed E-state index contributed by atoms with van der Waals surface area (Å²) in [6, 6.07) is 11.5. The first-order chi connectivity index (χ1) is 14.2. The molecular formula is C20H19N5O2S2. The number of hydrogen-bond acceptors (Lipinski definition) is 7. The number of amides is 1. The van der Waals surface area contributed by atoms with Crippen molar-refractivity contribution in [2.75, 3.05) is 5.32 Å². The fourth-order valence-electron chi connectivity index (χ4n) is 2.65. The molecule has 0 aliphatic carbocycles. The van der Waals surface area contributed by atoms with Crippen LogP contribution in [0.1, 0.15) is 22.0 Å². The van der Waals surface area contributed by atoms with E-state index in [-0.39, 0.29) is 12.3 Å². The smallest absolute Gasteiger partial charge is 0.231 e. The van der Waals surface area contributed by atoms with Crippen molar-refractivity contribution in [3.8, 4) is 0 Å². The van der Waals surface area contributed by atoms with Crippen LogP contribution >= 0.6 is 23.1 Å². The van der Waals surface area contributed by atoms with Crippen LogP contribution in [0, 0.1) is 6.92 Å². The molecule has 0 aliphatic rings. The molecule has 7 nitrogen and oxygen atoms in total. The second kappa shape index (κ2) is 9.06. The Bertz CT molecular complexity index is 1070. The van der Waals surface area contributed by atoms with Crippen LogP contribution in [0.3, 0.4) is 0 Å². The Labute approximate surface area is 176 Å². The molecule has 3 aromatic heterocycles. The zero-order chi connectivity index (χ0) is 20.1. The molecule has 0 fully saturated rings. The highest BCUT2D eigenvalue weighted by atomic mass is 32.2. The normalized spacial score (nSPS) is 10.9. The lowest BCUT2D eigenvalue weighted by atomic mass is 10.2. The first-order valence-electron chi connectivity index (χ1n) is 8.98. The number of hydrogen-bond donors (Lipinski definition) is 1. The fraction of sp³-hybridized carbons (Fsp3) is 0.200. The number of thiazole rings is 1. The summed E-state index contributed by atoms with van der Waals surface area (Å²) in [5, 5.41) is 14.6. The summed E-state index contributed by atoms with van der Waals surface area (Å²) >= 11 is 3.05. The molecule has 0 saturated heterocycles. The number of aromatic nitrogens is 4. The third-order valence-corrected chi connectivity index (χ3v) is 5.99. The molecule has 0 unspecified atom stereocenters. The number of nitrogens with one attached hydrogen (secondary N) is 1. The highest BCUT2D eigenvalue weighted by molar-refractivity contribution is 7.98. The average molecular weight is 426 g/mol. The van der Waals surface area contributed by atoms with Gasteiger partial charge in [0.1, 0.15) is 17.1 Å². The van der Waals surface area contributed by atoms with E-state index in [9.17, 15) is 4.79 Å². The van der Waals surface area contributed by atoms with Crippen LogP contribution in [-0.2, 0) is 23.5 Å². The maximum absolute atomic E-state index is 12.2. The van der Waals surface area contributed by atoms with Gasteiger partial charge in [-0.1, -0.05) is 29.5 Å². The van der Waals surface area contributed by atoms with E-state index in [0.29, 0.717) is 12.3 Å². The van der Waals surface area contributed by atoms with Crippen molar-refractivity contribution in [2.45, 2.75) is 30.8 Å². The molecule has 0 saturated carbocycles. The highest BCUT2D eigenvalue weighted by Crippen LogP contribution is 2.23. The molecule has 0 atom stereocenters. The summed E-state index contributed by atoms with van der Waals surface area (Å²) in [4.78, 5) is 16.8. The van der Waals surface area contributed by atoms with E-state index in [1.807, 2.05) is 53.3 Å². The largest absolute Gasteiger partial charge is 0.467 e. The Balaban J connectivity index is 1.30. The molecule has 0 spiro atoms. The average Bonchev–Trinajstić information content (AvgIpc) is 3.45. The number of thioether (sulfide) groups is 1. The lowest BCUT2D eigenvalue weighted by Crippen LogP contribution is -2.14. The van der Waals surface area contributed by atoms with Crippen LogP contribution in [0.4, 0.5) is 5.69 Å². The zero-order valence-electron chi connectivity index (χ0n) is 15.7. The number of carbonyl (C=O) groups excluding carboxylic acids is 1. The molecule has 0 bridgehead atoms. The van der Waals surface area contributed by atoms with Crippen LogP contribution < -0.4 is 5.32 Å². The number of aryl methyl sites for hydroxylation is 1. The van der Waals surface area contributed by atoms with E-state index in [4.69, 9.17) is 4.42 Å². The first-order valence-corrected chi connectivity index (χ1v) is 10.8. The van der Waals surface area contributed by atoms with Gasteiger partial charge in [-0.05, 0) is 31.2 Å². The number of rotatable bonds is 8. The maximum atomic E-state index is 12.2. The Kier molecular flexibility index (Phi) is 6.06. The van der Waals surface area contributed by atoms with Crippen LogP contribution in [0.15, 0.2) is 63.9 Å². The quantitative estimate of drug-likeness (QED) is 0.427. The van der Waals surface area contributed by atoms with Crippen molar-refractivity contribution in [3.63, 3.8) is 0 Å². The molecule has 1 amide bonds. The summed E-state index contributed by atoms with van der Waals surface area (Å²) in [6.45, 7) is 2.60. The van der Waals surface area contributed by atoms with Crippen molar-refractivity contribution in [1.82, 2.24) is 19.7 Å². The minimum Gasteiger partial charge on any atom is -0.467 e. The number of carbonyl (C=O) groups is 1. The molecule has 4 rings (SSSR count). The van der Waals surface area contributed by atoms with E-state index < -0.39 is 0 Å². The molecule has 1 N–H and O–H groups in total. The Morgan fingerprint density at radius 1 is 1.28 bits per heavy atom. The standard InChI is InChI=1S/C20H19N5O2S2/c1-14-4-6-15(7-5-14)22-18(26)9-19-23-16(11-28-19)12-29-20-24-21-13-25(20)10-17-3-2-8-27-17/h2-8,11,13H,9-10,12H2,1H3,(H,22,26). The number of benzene rings is 1. The summed E-state index contributed by atoms with van der Waals surface area (Å²) in [6.07, 6.45) is 3.60. The van der Waals surface area contributed by atoms with Crippen LogP contribution in [-0.4, -0.2) is 25.7 Å². The van der Waals surface area contributed by atoms with Gasteiger partial charge in [-0.3, -0.25) is 4.79 Å². The highest BCUT2D eigenvalue weighted by Gasteiger charge is 2.11. The summed E-state index contributed by atoms with van der Waals surface area (Å²) in [5.41, 5.74) is 2.87.